The molecule has 0 aromatic heterocycles. The molecule has 0 aliphatic carbocycles. The van der Waals surface area contributed by atoms with Gasteiger partial charge in [0.2, 0.25) is 0 Å². The fraction of sp³-hybridized carbons (Fsp3) is 0.882. The van der Waals surface area contributed by atoms with Gasteiger partial charge in [0.1, 0.15) is 17.7 Å². The molecule has 9 nitrogen and oxygen atoms in total. The largest absolute Gasteiger partial charge is 0.376 e. The van der Waals surface area contributed by atoms with Crippen LogP contribution in [0.2, 0.25) is 0 Å². The standard InChI is InChI=1S/C17H26N2O7/c1-17(2)15(20)18(16(21)19(17)4-12-7-23-12)3-11(24-9-14-10-26-14)5-22-6-13-8-25-13/h11-14H,3-10H2,1-2H3. The molecule has 4 heterocycles. The Balaban J connectivity index is 1.36. The van der Waals surface area contributed by atoms with E-state index in [2.05, 4.69) is 0 Å². The van der Waals surface area contributed by atoms with E-state index < -0.39 is 11.6 Å². The molecule has 0 bridgehead atoms. The molecule has 4 rings (SSSR count). The molecule has 4 unspecified atom stereocenters. The number of nitrogens with zero attached hydrogens (tertiary/aromatic N) is 2. The highest BCUT2D eigenvalue weighted by Crippen LogP contribution is 2.30. The summed E-state index contributed by atoms with van der Waals surface area (Å²) in [5, 5.41) is 0. The minimum Gasteiger partial charge on any atom is -0.376 e. The lowest BCUT2D eigenvalue weighted by atomic mass is 10.0. The van der Waals surface area contributed by atoms with Crippen molar-refractivity contribution in [2.45, 2.75) is 43.8 Å². The van der Waals surface area contributed by atoms with Crippen LogP contribution in [0, 0.1) is 0 Å². The lowest BCUT2D eigenvalue weighted by molar-refractivity contribution is -0.133. The van der Waals surface area contributed by atoms with Crippen molar-refractivity contribution in [1.82, 2.24) is 9.80 Å². The molecule has 3 amide bonds. The van der Waals surface area contributed by atoms with Crippen LogP contribution in [0.5, 0.6) is 0 Å². The zero-order chi connectivity index (χ0) is 18.3. The van der Waals surface area contributed by atoms with Crippen LogP contribution in [0.3, 0.4) is 0 Å². The quantitative estimate of drug-likeness (QED) is 0.361. The molecule has 0 aromatic rings. The minimum atomic E-state index is -0.879. The van der Waals surface area contributed by atoms with Crippen molar-refractivity contribution in [3.63, 3.8) is 0 Å². The maximum absolute atomic E-state index is 12.8. The minimum absolute atomic E-state index is 0.0342. The molecule has 4 aliphatic rings. The van der Waals surface area contributed by atoms with Gasteiger partial charge in [-0.25, -0.2) is 4.79 Å². The van der Waals surface area contributed by atoms with Crippen molar-refractivity contribution in [3.05, 3.63) is 0 Å². The predicted octanol–water partition coefficient (Wildman–Crippen LogP) is -0.373. The van der Waals surface area contributed by atoms with Gasteiger partial charge in [0.25, 0.3) is 5.91 Å². The summed E-state index contributed by atoms with van der Waals surface area (Å²) >= 11 is 0. The van der Waals surface area contributed by atoms with Crippen LogP contribution >= 0.6 is 0 Å². The Morgan fingerprint density at radius 3 is 2.31 bits per heavy atom. The number of imide groups is 1. The number of urea groups is 1. The molecule has 4 fully saturated rings. The van der Waals surface area contributed by atoms with Crippen LogP contribution in [0.1, 0.15) is 13.8 Å². The Morgan fingerprint density at radius 2 is 1.69 bits per heavy atom. The molecule has 0 saturated carbocycles. The smallest absolute Gasteiger partial charge is 0.327 e. The third kappa shape index (κ3) is 4.17. The average Bonchev–Trinajstić information content (AvgIpc) is 3.46. The fourth-order valence-electron chi connectivity index (χ4n) is 3.02. The van der Waals surface area contributed by atoms with Gasteiger partial charge >= 0.3 is 6.03 Å². The molecule has 4 saturated heterocycles. The van der Waals surface area contributed by atoms with Gasteiger partial charge in [-0.05, 0) is 13.8 Å². The summed E-state index contributed by atoms with van der Waals surface area (Å²) in [4.78, 5) is 28.5. The zero-order valence-electron chi connectivity index (χ0n) is 15.2. The van der Waals surface area contributed by atoms with Crippen molar-refractivity contribution in [2.24, 2.45) is 0 Å². The predicted molar refractivity (Wildman–Crippen MR) is 87.7 cm³/mol. The first-order valence-corrected chi connectivity index (χ1v) is 9.13. The van der Waals surface area contributed by atoms with Crippen molar-refractivity contribution in [2.75, 3.05) is 52.7 Å². The van der Waals surface area contributed by atoms with Gasteiger partial charge in [0, 0.05) is 0 Å². The summed E-state index contributed by atoms with van der Waals surface area (Å²) in [6.07, 6.45) is -0.0923. The van der Waals surface area contributed by atoms with E-state index in [1.807, 2.05) is 0 Å². The average molecular weight is 370 g/mol. The van der Waals surface area contributed by atoms with Crippen LogP contribution < -0.4 is 0 Å². The highest BCUT2D eigenvalue weighted by molar-refractivity contribution is 6.06. The number of amides is 3. The summed E-state index contributed by atoms with van der Waals surface area (Å²) in [6, 6.07) is -0.294. The van der Waals surface area contributed by atoms with Crippen LogP contribution in [-0.2, 0) is 28.5 Å². The summed E-state index contributed by atoms with van der Waals surface area (Å²) < 4.78 is 27.0. The van der Waals surface area contributed by atoms with Crippen LogP contribution in [0.25, 0.3) is 0 Å². The SMILES string of the molecule is CC1(C)C(=O)N(CC(COCC2CO2)OCC2CO2)C(=O)N1CC1CO1. The molecule has 0 radical (unpaired) electrons. The highest BCUT2D eigenvalue weighted by Gasteiger charge is 2.53. The maximum Gasteiger partial charge on any atom is 0.327 e. The van der Waals surface area contributed by atoms with E-state index in [1.54, 1.807) is 18.7 Å². The van der Waals surface area contributed by atoms with E-state index in [9.17, 15) is 9.59 Å². The number of carbonyl (C=O) groups excluding carboxylic acids is 2. The van der Waals surface area contributed by atoms with E-state index in [-0.39, 0.29) is 36.8 Å². The molecule has 0 spiro atoms. The van der Waals surface area contributed by atoms with Crippen molar-refractivity contribution in [1.29, 1.82) is 0 Å². The van der Waals surface area contributed by atoms with E-state index >= 15 is 0 Å². The zero-order valence-corrected chi connectivity index (χ0v) is 15.2. The Bertz CT molecular complexity index is 557. The molecular weight excluding hydrogens is 344 g/mol. The second kappa shape index (κ2) is 7.05. The maximum atomic E-state index is 12.8. The Hall–Kier alpha value is -1.26. The first-order chi connectivity index (χ1) is 12.4. The molecule has 4 aliphatic heterocycles. The van der Waals surface area contributed by atoms with Gasteiger partial charge in [-0.1, -0.05) is 0 Å². The number of carbonyl (C=O) groups is 2. The van der Waals surface area contributed by atoms with Gasteiger partial charge in [-0.3, -0.25) is 9.69 Å². The van der Waals surface area contributed by atoms with Crippen LogP contribution in [0.4, 0.5) is 4.79 Å². The summed E-state index contributed by atoms with van der Waals surface area (Å²) in [7, 11) is 0. The topological polar surface area (TPSA) is 96.7 Å². The first-order valence-electron chi connectivity index (χ1n) is 9.13. The number of hydrogen-bond donors (Lipinski definition) is 0. The fourth-order valence-corrected chi connectivity index (χ4v) is 3.02. The van der Waals surface area contributed by atoms with E-state index in [0.717, 1.165) is 6.61 Å². The molecule has 9 heteroatoms. The molecule has 146 valence electrons. The number of ether oxygens (including phenoxy) is 5. The van der Waals surface area contributed by atoms with Crippen LogP contribution in [-0.4, -0.2) is 104 Å². The van der Waals surface area contributed by atoms with Gasteiger partial charge in [0.15, 0.2) is 0 Å². The Labute approximate surface area is 152 Å². The third-order valence-corrected chi connectivity index (χ3v) is 5.01. The highest BCUT2D eigenvalue weighted by atomic mass is 16.6. The molecular formula is C17H26N2O7. The molecule has 4 atom stereocenters. The Kier molecular flexibility index (Phi) is 4.91. The summed E-state index contributed by atoms with van der Waals surface area (Å²) in [5.74, 6) is -0.218. The van der Waals surface area contributed by atoms with Crippen molar-refractivity contribution < 1.29 is 33.3 Å². The van der Waals surface area contributed by atoms with Gasteiger partial charge in [0.05, 0.1) is 64.9 Å². The second-order valence-electron chi connectivity index (χ2n) is 7.73. The van der Waals surface area contributed by atoms with E-state index in [4.69, 9.17) is 23.7 Å². The van der Waals surface area contributed by atoms with Gasteiger partial charge in [-0.2, -0.15) is 0 Å². The molecule has 0 N–H and O–H groups in total. The van der Waals surface area contributed by atoms with E-state index in [1.165, 1.54) is 4.90 Å². The van der Waals surface area contributed by atoms with Crippen LogP contribution in [0.15, 0.2) is 0 Å². The molecule has 26 heavy (non-hydrogen) atoms. The van der Waals surface area contributed by atoms with Crippen molar-refractivity contribution >= 4 is 11.9 Å². The van der Waals surface area contributed by atoms with E-state index in [0.29, 0.717) is 39.6 Å². The summed E-state index contributed by atoms with van der Waals surface area (Å²) in [5.41, 5.74) is -0.879. The Morgan fingerprint density at radius 1 is 1.08 bits per heavy atom. The normalized spacial score (nSPS) is 32.9. The third-order valence-electron chi connectivity index (χ3n) is 5.01. The number of epoxide rings is 3. The lowest BCUT2D eigenvalue weighted by Gasteiger charge is -2.26. The van der Waals surface area contributed by atoms with Gasteiger partial charge < -0.3 is 28.6 Å². The lowest BCUT2D eigenvalue weighted by Crippen LogP contribution is -2.46. The first kappa shape index (κ1) is 18.1. The number of hydrogen-bond acceptors (Lipinski definition) is 7. The monoisotopic (exact) mass is 370 g/mol. The second-order valence-corrected chi connectivity index (χ2v) is 7.73. The van der Waals surface area contributed by atoms with Gasteiger partial charge in [-0.15, -0.1) is 0 Å². The number of rotatable bonds is 11. The van der Waals surface area contributed by atoms with Crippen molar-refractivity contribution in [3.8, 4) is 0 Å². The molecule has 0 aromatic carbocycles. The summed E-state index contributed by atoms with van der Waals surface area (Å²) in [6.45, 7) is 7.42.